The van der Waals surface area contributed by atoms with Gasteiger partial charge in [0.05, 0.1) is 5.69 Å². The van der Waals surface area contributed by atoms with Crippen LogP contribution < -0.4 is 4.90 Å². The quantitative estimate of drug-likeness (QED) is 0.609. The van der Waals surface area contributed by atoms with Gasteiger partial charge in [0.2, 0.25) is 0 Å². The van der Waals surface area contributed by atoms with Crippen LogP contribution in [0.25, 0.3) is 22.2 Å². The number of aryl methyl sites for hydroxylation is 1. The average Bonchev–Trinajstić information content (AvgIpc) is 3.27. The number of carbonyl (C=O) groups excluding carboxylic acids is 1. The summed E-state index contributed by atoms with van der Waals surface area (Å²) in [4.78, 5) is 17.7. The monoisotopic (exact) mass is 348 g/mol. The Bertz CT molecular complexity index is 1090. The summed E-state index contributed by atoms with van der Waals surface area (Å²) in [6.07, 6.45) is 1.87. The third-order valence-corrected chi connectivity index (χ3v) is 4.47. The van der Waals surface area contributed by atoms with Crippen molar-refractivity contribution in [3.8, 4) is 11.3 Å². The fraction of sp³-hybridized carbons (Fsp3) is 0.100. The van der Waals surface area contributed by atoms with Crippen molar-refractivity contribution in [2.45, 2.75) is 0 Å². The molecule has 4 aromatic rings. The van der Waals surface area contributed by atoms with Gasteiger partial charge in [-0.05, 0) is 54.6 Å². The number of benzene rings is 2. The van der Waals surface area contributed by atoms with Crippen molar-refractivity contribution in [1.82, 2.24) is 14.8 Å². The normalized spacial score (nSPS) is 11.0. The zero-order chi connectivity index (χ0) is 18.3. The van der Waals surface area contributed by atoms with E-state index in [1.807, 2.05) is 30.5 Å². The Morgan fingerprint density at radius 1 is 1.12 bits per heavy atom. The second-order valence-corrected chi connectivity index (χ2v) is 6.16. The number of hydrogen-bond donors (Lipinski definition) is 1. The number of amides is 1. The van der Waals surface area contributed by atoms with Crippen molar-refractivity contribution in [3.05, 3.63) is 72.3 Å². The lowest BCUT2D eigenvalue weighted by molar-refractivity contribution is 0.0984. The molecule has 0 spiro atoms. The summed E-state index contributed by atoms with van der Waals surface area (Å²) in [5, 5.41) is 5.43. The lowest BCUT2D eigenvalue weighted by Crippen LogP contribution is -2.28. The molecule has 2 aromatic heterocycles. The van der Waals surface area contributed by atoms with Crippen LogP contribution in [0.5, 0.6) is 0 Å². The maximum atomic E-state index is 13.1. The number of rotatable bonds is 3. The second-order valence-electron chi connectivity index (χ2n) is 6.16. The number of nitrogens with one attached hydrogen (secondary N) is 1. The first-order valence-electron chi connectivity index (χ1n) is 8.18. The van der Waals surface area contributed by atoms with Gasteiger partial charge < -0.3 is 9.88 Å². The van der Waals surface area contributed by atoms with E-state index in [1.165, 1.54) is 12.1 Å². The predicted octanol–water partition coefficient (Wildman–Crippen LogP) is 3.98. The largest absolute Gasteiger partial charge is 0.361 e. The molecule has 0 aliphatic heterocycles. The lowest BCUT2D eigenvalue weighted by atomic mass is 10.1. The fourth-order valence-corrected chi connectivity index (χ4v) is 2.97. The summed E-state index contributed by atoms with van der Waals surface area (Å²) in [5.74, 6) is -0.468. The first-order valence-corrected chi connectivity index (χ1v) is 8.18. The SMILES string of the molecule is CN(C(=O)c1cc(-c2ccc(F)cc2)nn1C)c1ccc2[nH]ccc2c1. The molecule has 5 nitrogen and oxygen atoms in total. The molecule has 2 heterocycles. The van der Waals surface area contributed by atoms with E-state index in [9.17, 15) is 9.18 Å². The maximum absolute atomic E-state index is 13.1. The smallest absolute Gasteiger partial charge is 0.276 e. The molecule has 1 N–H and O–H groups in total. The van der Waals surface area contributed by atoms with E-state index in [-0.39, 0.29) is 11.7 Å². The highest BCUT2D eigenvalue weighted by atomic mass is 19.1. The second kappa shape index (κ2) is 6.15. The van der Waals surface area contributed by atoms with Crippen molar-refractivity contribution in [3.63, 3.8) is 0 Å². The van der Waals surface area contributed by atoms with E-state index < -0.39 is 0 Å². The number of H-pyrrole nitrogens is 1. The Balaban J connectivity index is 1.66. The van der Waals surface area contributed by atoms with Crippen LogP contribution in [0.1, 0.15) is 10.5 Å². The molecule has 26 heavy (non-hydrogen) atoms. The fourth-order valence-electron chi connectivity index (χ4n) is 2.97. The van der Waals surface area contributed by atoms with Crippen LogP contribution in [0.15, 0.2) is 60.8 Å². The molecule has 130 valence electrons. The van der Waals surface area contributed by atoms with Gasteiger partial charge in [0.15, 0.2) is 0 Å². The summed E-state index contributed by atoms with van der Waals surface area (Å²) in [7, 11) is 3.46. The zero-order valence-corrected chi connectivity index (χ0v) is 14.4. The third-order valence-electron chi connectivity index (χ3n) is 4.47. The molecule has 1 amide bonds. The minimum atomic E-state index is -0.305. The van der Waals surface area contributed by atoms with E-state index in [4.69, 9.17) is 0 Å². The first kappa shape index (κ1) is 16.1. The van der Waals surface area contributed by atoms with Crippen LogP contribution in [0, 0.1) is 5.82 Å². The molecule has 0 fully saturated rings. The van der Waals surface area contributed by atoms with Gasteiger partial charge in [-0.25, -0.2) is 4.39 Å². The molecule has 0 aliphatic carbocycles. The molecule has 0 bridgehead atoms. The Morgan fingerprint density at radius 2 is 1.88 bits per heavy atom. The van der Waals surface area contributed by atoms with E-state index in [0.717, 1.165) is 22.2 Å². The summed E-state index contributed by atoms with van der Waals surface area (Å²) in [6.45, 7) is 0. The number of nitrogens with zero attached hydrogens (tertiary/aromatic N) is 3. The Kier molecular flexibility index (Phi) is 3.80. The molecule has 0 radical (unpaired) electrons. The Labute approximate surface area is 149 Å². The Morgan fingerprint density at radius 3 is 2.65 bits per heavy atom. The van der Waals surface area contributed by atoms with Gasteiger partial charge >= 0.3 is 0 Å². The number of aromatic amines is 1. The minimum absolute atomic E-state index is 0.164. The van der Waals surface area contributed by atoms with E-state index in [1.54, 1.807) is 41.9 Å². The van der Waals surface area contributed by atoms with Crippen LogP contribution >= 0.6 is 0 Å². The van der Waals surface area contributed by atoms with Crippen LogP contribution in [0.2, 0.25) is 0 Å². The number of anilines is 1. The van der Waals surface area contributed by atoms with E-state index >= 15 is 0 Å². The minimum Gasteiger partial charge on any atom is -0.361 e. The first-order chi connectivity index (χ1) is 12.5. The molecule has 6 heteroatoms. The standard InChI is InChI=1S/C20H17FN4O/c1-24(16-7-8-17-14(11-16)9-10-22-17)20(26)19-12-18(23-25(19)2)13-3-5-15(21)6-4-13/h3-12,22H,1-2H3. The van der Waals surface area contributed by atoms with Gasteiger partial charge in [-0.15, -0.1) is 0 Å². The number of aromatic nitrogens is 3. The van der Waals surface area contributed by atoms with Gasteiger partial charge in [-0.2, -0.15) is 5.10 Å². The van der Waals surface area contributed by atoms with Crippen LogP contribution in [0.3, 0.4) is 0 Å². The maximum Gasteiger partial charge on any atom is 0.276 e. The third kappa shape index (κ3) is 2.75. The van der Waals surface area contributed by atoms with Crippen LogP contribution in [-0.2, 0) is 7.05 Å². The van der Waals surface area contributed by atoms with Crippen molar-refractivity contribution >= 4 is 22.5 Å². The molecule has 2 aromatic carbocycles. The van der Waals surface area contributed by atoms with Crippen LogP contribution in [-0.4, -0.2) is 27.7 Å². The van der Waals surface area contributed by atoms with Crippen molar-refractivity contribution in [2.75, 3.05) is 11.9 Å². The van der Waals surface area contributed by atoms with Crippen molar-refractivity contribution in [1.29, 1.82) is 0 Å². The molecule has 4 rings (SSSR count). The zero-order valence-electron chi connectivity index (χ0n) is 14.4. The number of fused-ring (bicyclic) bond motifs is 1. The predicted molar refractivity (Wildman–Crippen MR) is 99.6 cm³/mol. The molecule has 0 unspecified atom stereocenters. The van der Waals surface area contributed by atoms with Gasteiger partial charge in [-0.3, -0.25) is 9.48 Å². The Hall–Kier alpha value is -3.41. The van der Waals surface area contributed by atoms with E-state index in [0.29, 0.717) is 11.4 Å². The summed E-state index contributed by atoms with van der Waals surface area (Å²) in [5.41, 5.74) is 3.67. The van der Waals surface area contributed by atoms with Gasteiger partial charge in [0, 0.05) is 42.4 Å². The lowest BCUT2D eigenvalue weighted by Gasteiger charge is -2.17. The molecule has 0 saturated heterocycles. The molecular weight excluding hydrogens is 331 g/mol. The van der Waals surface area contributed by atoms with Gasteiger partial charge in [-0.1, -0.05) is 0 Å². The number of hydrogen-bond acceptors (Lipinski definition) is 2. The summed E-state index contributed by atoms with van der Waals surface area (Å²) >= 11 is 0. The average molecular weight is 348 g/mol. The summed E-state index contributed by atoms with van der Waals surface area (Å²) < 4.78 is 14.7. The summed E-state index contributed by atoms with van der Waals surface area (Å²) in [6, 6.07) is 15.5. The number of carbonyl (C=O) groups is 1. The highest BCUT2D eigenvalue weighted by Crippen LogP contribution is 2.24. The van der Waals surface area contributed by atoms with Crippen LogP contribution in [0.4, 0.5) is 10.1 Å². The van der Waals surface area contributed by atoms with Crippen molar-refractivity contribution < 1.29 is 9.18 Å². The molecule has 0 atom stereocenters. The molecular formula is C20H17FN4O. The molecule has 0 aliphatic rings. The van der Waals surface area contributed by atoms with Gasteiger partial charge in [0.1, 0.15) is 11.5 Å². The van der Waals surface area contributed by atoms with Gasteiger partial charge in [0.25, 0.3) is 5.91 Å². The van der Waals surface area contributed by atoms with E-state index in [2.05, 4.69) is 10.1 Å². The topological polar surface area (TPSA) is 53.9 Å². The van der Waals surface area contributed by atoms with Crippen molar-refractivity contribution in [2.24, 2.45) is 7.05 Å². The highest BCUT2D eigenvalue weighted by molar-refractivity contribution is 6.06. The molecule has 0 saturated carbocycles. The highest BCUT2D eigenvalue weighted by Gasteiger charge is 2.19. The number of halogens is 1.